The molecule has 0 aliphatic carbocycles. The lowest BCUT2D eigenvalue weighted by atomic mass is 10.1. The van der Waals surface area contributed by atoms with Gasteiger partial charge in [-0.25, -0.2) is 22.9 Å². The second kappa shape index (κ2) is 5.36. The number of hydrogen-bond acceptors (Lipinski definition) is 4. The van der Waals surface area contributed by atoms with Gasteiger partial charge in [0.15, 0.2) is 23.1 Å². The van der Waals surface area contributed by atoms with Gasteiger partial charge < -0.3 is 9.47 Å². The largest absolute Gasteiger partial charge is 0.493 e. The van der Waals surface area contributed by atoms with Gasteiger partial charge in [-0.2, -0.15) is 0 Å². The minimum Gasteiger partial charge on any atom is -0.493 e. The molecule has 7 heteroatoms. The summed E-state index contributed by atoms with van der Waals surface area (Å²) in [6, 6.07) is 1.45. The SMILES string of the molecule is CCOc1cc(C(=O)OC)nc2c(F)cc(F)c(F)c12. The molecule has 0 saturated carbocycles. The number of carbonyl (C=O) groups excluding carboxylic acids is 1. The van der Waals surface area contributed by atoms with Gasteiger partial charge in [-0.05, 0) is 6.92 Å². The summed E-state index contributed by atoms with van der Waals surface area (Å²) in [4.78, 5) is 15.1. The monoisotopic (exact) mass is 285 g/mol. The van der Waals surface area contributed by atoms with Crippen molar-refractivity contribution in [2.45, 2.75) is 6.92 Å². The first-order chi connectivity index (χ1) is 9.49. The number of halogens is 3. The number of benzene rings is 1. The number of pyridine rings is 1. The first-order valence-corrected chi connectivity index (χ1v) is 5.69. The second-order valence-electron chi connectivity index (χ2n) is 3.81. The van der Waals surface area contributed by atoms with Crippen LogP contribution >= 0.6 is 0 Å². The van der Waals surface area contributed by atoms with Crippen molar-refractivity contribution in [1.82, 2.24) is 4.98 Å². The summed E-state index contributed by atoms with van der Waals surface area (Å²) < 4.78 is 50.4. The topological polar surface area (TPSA) is 48.4 Å². The number of carbonyl (C=O) groups is 1. The Morgan fingerprint density at radius 1 is 1.25 bits per heavy atom. The average Bonchev–Trinajstić information content (AvgIpc) is 2.43. The van der Waals surface area contributed by atoms with Crippen LogP contribution in [0.1, 0.15) is 17.4 Å². The van der Waals surface area contributed by atoms with E-state index in [0.29, 0.717) is 6.07 Å². The zero-order chi connectivity index (χ0) is 14.9. The lowest BCUT2D eigenvalue weighted by Gasteiger charge is -2.11. The minimum absolute atomic E-state index is 0.122. The zero-order valence-corrected chi connectivity index (χ0v) is 10.7. The average molecular weight is 285 g/mol. The van der Waals surface area contributed by atoms with Gasteiger partial charge >= 0.3 is 5.97 Å². The molecule has 2 aromatic rings. The highest BCUT2D eigenvalue weighted by Gasteiger charge is 2.21. The van der Waals surface area contributed by atoms with E-state index in [-0.39, 0.29) is 18.1 Å². The number of hydrogen-bond donors (Lipinski definition) is 0. The number of methoxy groups -OCH3 is 1. The molecule has 0 aliphatic heterocycles. The van der Waals surface area contributed by atoms with E-state index in [1.807, 2.05) is 0 Å². The smallest absolute Gasteiger partial charge is 0.356 e. The maximum absolute atomic E-state index is 13.8. The molecule has 20 heavy (non-hydrogen) atoms. The second-order valence-corrected chi connectivity index (χ2v) is 3.81. The maximum atomic E-state index is 13.8. The number of rotatable bonds is 3. The van der Waals surface area contributed by atoms with Gasteiger partial charge in [0, 0.05) is 12.1 Å². The summed E-state index contributed by atoms with van der Waals surface area (Å²) in [6.07, 6.45) is 0. The molecule has 0 N–H and O–H groups in total. The highest BCUT2D eigenvalue weighted by Crippen LogP contribution is 2.31. The van der Waals surface area contributed by atoms with Crippen molar-refractivity contribution in [3.8, 4) is 5.75 Å². The van der Waals surface area contributed by atoms with Gasteiger partial charge in [0.05, 0.1) is 19.1 Å². The Balaban J connectivity index is 2.85. The molecule has 0 radical (unpaired) electrons. The number of fused-ring (bicyclic) bond motifs is 1. The Kier molecular flexibility index (Phi) is 3.78. The predicted molar refractivity (Wildman–Crippen MR) is 64.1 cm³/mol. The molecule has 1 heterocycles. The van der Waals surface area contributed by atoms with Crippen molar-refractivity contribution in [2.24, 2.45) is 0 Å². The Labute approximate surface area is 112 Å². The van der Waals surface area contributed by atoms with Crippen LogP contribution in [0.15, 0.2) is 12.1 Å². The molecule has 0 amide bonds. The van der Waals surface area contributed by atoms with Gasteiger partial charge in [0.25, 0.3) is 0 Å². The Morgan fingerprint density at radius 2 is 1.95 bits per heavy atom. The first-order valence-electron chi connectivity index (χ1n) is 5.69. The van der Waals surface area contributed by atoms with E-state index >= 15 is 0 Å². The van der Waals surface area contributed by atoms with Crippen LogP contribution in [-0.4, -0.2) is 24.7 Å². The van der Waals surface area contributed by atoms with E-state index in [0.717, 1.165) is 13.2 Å². The molecule has 106 valence electrons. The molecular formula is C13H10F3NO3. The van der Waals surface area contributed by atoms with E-state index < -0.39 is 34.3 Å². The molecule has 0 fully saturated rings. The van der Waals surface area contributed by atoms with Crippen LogP contribution in [0.5, 0.6) is 5.75 Å². The normalized spacial score (nSPS) is 10.7. The van der Waals surface area contributed by atoms with Crippen molar-refractivity contribution in [3.05, 3.63) is 35.3 Å². The summed E-state index contributed by atoms with van der Waals surface area (Å²) >= 11 is 0. The van der Waals surface area contributed by atoms with Crippen LogP contribution in [0.2, 0.25) is 0 Å². The van der Waals surface area contributed by atoms with Crippen LogP contribution in [0, 0.1) is 17.5 Å². The highest BCUT2D eigenvalue weighted by atomic mass is 19.2. The molecule has 0 spiro atoms. The van der Waals surface area contributed by atoms with Crippen molar-refractivity contribution in [2.75, 3.05) is 13.7 Å². The van der Waals surface area contributed by atoms with E-state index in [1.165, 1.54) is 0 Å². The van der Waals surface area contributed by atoms with Crippen molar-refractivity contribution in [3.63, 3.8) is 0 Å². The number of nitrogens with zero attached hydrogens (tertiary/aromatic N) is 1. The fourth-order valence-corrected chi connectivity index (χ4v) is 1.75. The van der Waals surface area contributed by atoms with Crippen molar-refractivity contribution in [1.29, 1.82) is 0 Å². The van der Waals surface area contributed by atoms with E-state index in [1.54, 1.807) is 6.92 Å². The van der Waals surface area contributed by atoms with Crippen molar-refractivity contribution < 1.29 is 27.4 Å². The molecule has 2 rings (SSSR count). The lowest BCUT2D eigenvalue weighted by molar-refractivity contribution is 0.0594. The number of esters is 1. The third-order valence-corrected chi connectivity index (χ3v) is 2.59. The zero-order valence-electron chi connectivity index (χ0n) is 10.7. The third-order valence-electron chi connectivity index (χ3n) is 2.59. The van der Waals surface area contributed by atoms with Crippen LogP contribution < -0.4 is 4.74 Å². The Morgan fingerprint density at radius 3 is 2.55 bits per heavy atom. The maximum Gasteiger partial charge on any atom is 0.356 e. The van der Waals surface area contributed by atoms with Crippen LogP contribution in [-0.2, 0) is 4.74 Å². The quantitative estimate of drug-likeness (QED) is 0.642. The van der Waals surface area contributed by atoms with E-state index in [2.05, 4.69) is 9.72 Å². The number of ether oxygens (including phenoxy) is 2. The summed E-state index contributed by atoms with van der Waals surface area (Å²) in [6.45, 7) is 1.73. The van der Waals surface area contributed by atoms with Gasteiger partial charge in [0.1, 0.15) is 11.3 Å². The van der Waals surface area contributed by atoms with Crippen molar-refractivity contribution >= 4 is 16.9 Å². The van der Waals surface area contributed by atoms with Gasteiger partial charge in [-0.15, -0.1) is 0 Å². The third kappa shape index (κ3) is 2.26. The van der Waals surface area contributed by atoms with Gasteiger partial charge in [-0.1, -0.05) is 0 Å². The fraction of sp³-hybridized carbons (Fsp3) is 0.231. The van der Waals surface area contributed by atoms with Crippen LogP contribution in [0.3, 0.4) is 0 Å². The molecular weight excluding hydrogens is 275 g/mol. The van der Waals surface area contributed by atoms with Crippen LogP contribution in [0.25, 0.3) is 10.9 Å². The standard InChI is InChI=1S/C13H10F3NO3/c1-3-20-9-5-8(13(18)19-2)17-12-7(15)4-6(14)11(16)10(9)12/h4-5H,3H2,1-2H3. The molecule has 1 aromatic carbocycles. The Bertz CT molecular complexity index is 688. The lowest BCUT2D eigenvalue weighted by Crippen LogP contribution is -2.07. The minimum atomic E-state index is -1.36. The fourth-order valence-electron chi connectivity index (χ4n) is 1.75. The van der Waals surface area contributed by atoms with Gasteiger partial charge in [0.2, 0.25) is 0 Å². The molecule has 0 atom stereocenters. The van der Waals surface area contributed by atoms with E-state index in [4.69, 9.17) is 4.74 Å². The summed E-state index contributed by atoms with van der Waals surface area (Å²) in [5.74, 6) is -4.74. The van der Waals surface area contributed by atoms with Crippen LogP contribution in [0.4, 0.5) is 13.2 Å². The van der Waals surface area contributed by atoms with Gasteiger partial charge in [-0.3, -0.25) is 0 Å². The molecule has 0 unspecified atom stereocenters. The predicted octanol–water partition coefficient (Wildman–Crippen LogP) is 2.84. The molecule has 0 bridgehead atoms. The molecule has 0 aliphatic rings. The molecule has 1 aromatic heterocycles. The summed E-state index contributed by atoms with van der Waals surface area (Å²) in [5, 5.41) is -0.447. The number of aromatic nitrogens is 1. The summed E-state index contributed by atoms with van der Waals surface area (Å²) in [5.41, 5.74) is -0.747. The summed E-state index contributed by atoms with van der Waals surface area (Å²) in [7, 11) is 1.12. The molecule has 0 saturated heterocycles. The van der Waals surface area contributed by atoms with E-state index in [9.17, 15) is 18.0 Å². The Hall–Kier alpha value is -2.31. The molecule has 4 nitrogen and oxygen atoms in total. The first kappa shape index (κ1) is 14.1. The highest BCUT2D eigenvalue weighted by molar-refractivity contribution is 5.94.